The Morgan fingerprint density at radius 3 is 2.62 bits per heavy atom. The zero-order chi connectivity index (χ0) is 18.8. The van der Waals surface area contributed by atoms with Crippen molar-refractivity contribution in [2.75, 3.05) is 6.61 Å². The van der Waals surface area contributed by atoms with Crippen LogP contribution in [0.5, 0.6) is 0 Å². The first-order chi connectivity index (χ1) is 12.6. The van der Waals surface area contributed by atoms with E-state index in [1.54, 1.807) is 6.08 Å². The average Bonchev–Trinajstić information content (AvgIpc) is 2.65. The minimum atomic E-state index is -0.549. The van der Waals surface area contributed by atoms with Crippen molar-refractivity contribution in [3.63, 3.8) is 0 Å². The molecule has 0 aliphatic rings. The van der Waals surface area contributed by atoms with Crippen LogP contribution >= 0.6 is 15.9 Å². The number of esters is 1. The summed E-state index contributed by atoms with van der Waals surface area (Å²) in [6, 6.07) is 17.2. The van der Waals surface area contributed by atoms with E-state index >= 15 is 0 Å². The Morgan fingerprint density at radius 2 is 1.92 bits per heavy atom. The Hall–Kier alpha value is -2.40. The minimum Gasteiger partial charge on any atom is -0.452 e. The highest BCUT2D eigenvalue weighted by Gasteiger charge is 2.14. The van der Waals surface area contributed by atoms with Gasteiger partial charge in [0.2, 0.25) is 0 Å². The van der Waals surface area contributed by atoms with Gasteiger partial charge in [0.25, 0.3) is 5.91 Å². The van der Waals surface area contributed by atoms with Gasteiger partial charge in [-0.1, -0.05) is 71.7 Å². The third-order valence-electron chi connectivity index (χ3n) is 3.72. The molecule has 2 aromatic rings. The summed E-state index contributed by atoms with van der Waals surface area (Å²) < 4.78 is 5.95. The van der Waals surface area contributed by atoms with E-state index in [0.717, 1.165) is 28.4 Å². The molecule has 0 aliphatic carbocycles. The molecule has 0 aliphatic heterocycles. The zero-order valence-corrected chi connectivity index (χ0v) is 16.2. The fourth-order valence-electron chi connectivity index (χ4n) is 2.49. The van der Waals surface area contributed by atoms with Crippen LogP contribution < -0.4 is 5.32 Å². The normalized spacial score (nSPS) is 11.9. The molecule has 1 N–H and O–H groups in total. The van der Waals surface area contributed by atoms with Gasteiger partial charge in [0, 0.05) is 10.5 Å². The van der Waals surface area contributed by atoms with Crippen molar-refractivity contribution in [2.24, 2.45) is 0 Å². The maximum absolute atomic E-state index is 12.1. The Bertz CT molecular complexity index is 759. The summed E-state index contributed by atoms with van der Waals surface area (Å²) in [7, 11) is 0. The number of nitrogens with one attached hydrogen (secondary N) is 1. The van der Waals surface area contributed by atoms with Crippen LogP contribution in [0.15, 0.2) is 65.1 Å². The molecule has 136 valence electrons. The monoisotopic (exact) mass is 415 g/mol. The van der Waals surface area contributed by atoms with Crippen LogP contribution in [-0.2, 0) is 14.3 Å². The summed E-state index contributed by atoms with van der Waals surface area (Å²) >= 11 is 3.37. The van der Waals surface area contributed by atoms with Crippen LogP contribution in [0.4, 0.5) is 0 Å². The molecule has 1 amide bonds. The second-order valence-electron chi connectivity index (χ2n) is 5.82. The molecular formula is C21H22BrNO3. The molecule has 0 saturated heterocycles. The number of rotatable bonds is 8. The highest BCUT2D eigenvalue weighted by molar-refractivity contribution is 9.10. The second-order valence-corrected chi connectivity index (χ2v) is 6.73. The highest BCUT2D eigenvalue weighted by Crippen LogP contribution is 2.18. The van der Waals surface area contributed by atoms with E-state index in [1.807, 2.05) is 54.6 Å². The Morgan fingerprint density at radius 1 is 1.15 bits per heavy atom. The summed E-state index contributed by atoms with van der Waals surface area (Å²) in [6.07, 6.45) is 4.73. The summed E-state index contributed by atoms with van der Waals surface area (Å²) in [5.74, 6) is -0.858. The van der Waals surface area contributed by atoms with Crippen LogP contribution in [0.3, 0.4) is 0 Å². The van der Waals surface area contributed by atoms with Gasteiger partial charge < -0.3 is 10.1 Å². The van der Waals surface area contributed by atoms with Gasteiger partial charge in [0.05, 0.1) is 6.04 Å². The molecule has 0 aromatic heterocycles. The van der Waals surface area contributed by atoms with Crippen molar-refractivity contribution in [1.29, 1.82) is 0 Å². The van der Waals surface area contributed by atoms with Crippen LogP contribution in [0.25, 0.3) is 6.08 Å². The smallest absolute Gasteiger partial charge is 0.331 e. The maximum atomic E-state index is 12.1. The standard InChI is InChI=1S/C21H22BrNO3/c1-2-7-19(17-9-4-3-5-10-17)23-20(24)15-26-21(25)13-12-16-8-6-11-18(22)14-16/h3-6,8-14,19H,2,7,15H2,1H3,(H,23,24)/b13-12+/t19-/m1/s1. The second kappa shape index (κ2) is 10.6. The summed E-state index contributed by atoms with van der Waals surface area (Å²) in [6.45, 7) is 1.77. The maximum Gasteiger partial charge on any atom is 0.331 e. The van der Waals surface area contributed by atoms with Crippen molar-refractivity contribution >= 4 is 33.9 Å². The van der Waals surface area contributed by atoms with Crippen LogP contribution in [-0.4, -0.2) is 18.5 Å². The fraction of sp³-hybridized carbons (Fsp3) is 0.238. The first-order valence-electron chi connectivity index (χ1n) is 8.53. The number of carbonyl (C=O) groups is 2. The van der Waals surface area contributed by atoms with Crippen molar-refractivity contribution < 1.29 is 14.3 Å². The van der Waals surface area contributed by atoms with Crippen molar-refractivity contribution in [2.45, 2.75) is 25.8 Å². The number of ether oxygens (including phenoxy) is 1. The van der Waals surface area contributed by atoms with Gasteiger partial charge >= 0.3 is 5.97 Å². The lowest BCUT2D eigenvalue weighted by Crippen LogP contribution is -2.32. The van der Waals surface area contributed by atoms with Gasteiger partial charge in [-0.05, 0) is 35.8 Å². The number of carbonyl (C=O) groups excluding carboxylic acids is 2. The Kier molecular flexibility index (Phi) is 8.09. The third kappa shape index (κ3) is 6.84. The van der Waals surface area contributed by atoms with E-state index in [1.165, 1.54) is 6.08 Å². The lowest BCUT2D eigenvalue weighted by atomic mass is 10.0. The highest BCUT2D eigenvalue weighted by atomic mass is 79.9. The molecule has 0 spiro atoms. The molecule has 4 nitrogen and oxygen atoms in total. The molecule has 0 saturated carbocycles. The van der Waals surface area contributed by atoms with Gasteiger partial charge in [-0.25, -0.2) is 4.79 Å². The summed E-state index contributed by atoms with van der Waals surface area (Å²) in [5, 5.41) is 2.92. The first kappa shape index (κ1) is 19.9. The van der Waals surface area contributed by atoms with Crippen molar-refractivity contribution in [3.8, 4) is 0 Å². The van der Waals surface area contributed by atoms with E-state index < -0.39 is 5.97 Å². The molecule has 1 atom stereocenters. The first-order valence-corrected chi connectivity index (χ1v) is 9.32. The van der Waals surface area contributed by atoms with Gasteiger partial charge in [-0.15, -0.1) is 0 Å². The Balaban J connectivity index is 1.84. The van der Waals surface area contributed by atoms with Crippen LogP contribution in [0, 0.1) is 0 Å². The molecule has 0 heterocycles. The van der Waals surface area contributed by atoms with Gasteiger partial charge in [0.1, 0.15) is 0 Å². The van der Waals surface area contributed by atoms with Crippen molar-refractivity contribution in [3.05, 3.63) is 76.3 Å². The van der Waals surface area contributed by atoms with E-state index in [4.69, 9.17) is 4.74 Å². The third-order valence-corrected chi connectivity index (χ3v) is 4.21. The Labute approximate surface area is 162 Å². The van der Waals surface area contributed by atoms with Crippen LogP contribution in [0.1, 0.15) is 36.9 Å². The SMILES string of the molecule is CCC[C@@H](NC(=O)COC(=O)/C=C/c1cccc(Br)c1)c1ccccc1. The zero-order valence-electron chi connectivity index (χ0n) is 14.7. The molecule has 0 unspecified atom stereocenters. The minimum absolute atomic E-state index is 0.0791. The predicted octanol–water partition coefficient (Wildman–Crippen LogP) is 4.66. The van der Waals surface area contributed by atoms with Crippen LogP contribution in [0.2, 0.25) is 0 Å². The average molecular weight is 416 g/mol. The quantitative estimate of drug-likeness (QED) is 0.503. The topological polar surface area (TPSA) is 55.4 Å². The fourth-order valence-corrected chi connectivity index (χ4v) is 2.91. The molecule has 0 fully saturated rings. The summed E-state index contributed by atoms with van der Waals surface area (Å²) in [5.41, 5.74) is 1.91. The lowest BCUT2D eigenvalue weighted by molar-refractivity contribution is -0.144. The number of benzene rings is 2. The van der Waals surface area contributed by atoms with E-state index in [9.17, 15) is 9.59 Å². The molecule has 2 rings (SSSR count). The molecule has 26 heavy (non-hydrogen) atoms. The van der Waals surface area contributed by atoms with E-state index in [0.29, 0.717) is 0 Å². The number of amides is 1. The largest absolute Gasteiger partial charge is 0.452 e. The molecular weight excluding hydrogens is 394 g/mol. The number of hydrogen-bond acceptors (Lipinski definition) is 3. The van der Waals surface area contributed by atoms with E-state index in [-0.39, 0.29) is 18.6 Å². The summed E-state index contributed by atoms with van der Waals surface area (Å²) in [4.78, 5) is 23.9. The molecule has 2 aromatic carbocycles. The van der Waals surface area contributed by atoms with Gasteiger partial charge in [-0.3, -0.25) is 4.79 Å². The van der Waals surface area contributed by atoms with Gasteiger partial charge in [0.15, 0.2) is 6.61 Å². The lowest BCUT2D eigenvalue weighted by Gasteiger charge is -2.18. The van der Waals surface area contributed by atoms with Gasteiger partial charge in [-0.2, -0.15) is 0 Å². The number of hydrogen-bond donors (Lipinski definition) is 1. The predicted molar refractivity (Wildman–Crippen MR) is 106 cm³/mol. The van der Waals surface area contributed by atoms with Crippen molar-refractivity contribution in [1.82, 2.24) is 5.32 Å². The van der Waals surface area contributed by atoms with E-state index in [2.05, 4.69) is 28.2 Å². The molecule has 0 bridgehead atoms. The molecule has 0 radical (unpaired) electrons. The number of halogens is 1. The molecule has 5 heteroatoms.